The predicted octanol–water partition coefficient (Wildman–Crippen LogP) is 2.42. The van der Waals surface area contributed by atoms with Gasteiger partial charge in [0.05, 0.1) is 0 Å². The van der Waals surface area contributed by atoms with Gasteiger partial charge in [-0.2, -0.15) is 0 Å². The molecule has 6 aromatic heterocycles. The minimum atomic E-state index is -0.268. The molecule has 0 atom stereocenters. The van der Waals surface area contributed by atoms with E-state index in [2.05, 4.69) is 0 Å². The van der Waals surface area contributed by atoms with E-state index in [4.69, 9.17) is 73.3 Å². The van der Waals surface area contributed by atoms with Crippen molar-refractivity contribution in [2.45, 2.75) is 0 Å². The van der Waals surface area contributed by atoms with Crippen molar-refractivity contribution in [2.75, 3.05) is 0 Å². The molecule has 246 valence electrons. The first-order valence-electron chi connectivity index (χ1n) is 13.2. The number of aromatic nitrogens is 12. The molecule has 0 bridgehead atoms. The van der Waals surface area contributed by atoms with Crippen LogP contribution in [0.25, 0.3) is 0 Å². The van der Waals surface area contributed by atoms with Gasteiger partial charge in [-0.1, -0.05) is 0 Å². The minimum Gasteiger partial charge on any atom is -0.484 e. The van der Waals surface area contributed by atoms with Crippen LogP contribution < -0.4 is 0 Å². The second kappa shape index (κ2) is 16.7. The topological polar surface area (TPSA) is 122 Å². The normalized spacial score (nSPS) is 10.7. The quantitative estimate of drug-likeness (QED) is 0.188. The standard InChI is InChI=1S/2C12H15BN6S3.Ba.2H2O/c2*1-14-4-7-17(10(14)20)13(18-8-5-15(2)11(18)21)19-9-6-16(3)12(19)22;;;/h2*4-9H,1-3H3;;2*1H2/q2*-1;+2;;. The fraction of sp³-hybridized carbons (Fsp3) is 0.250. The van der Waals surface area contributed by atoms with Gasteiger partial charge in [0.2, 0.25) is 14.2 Å². The van der Waals surface area contributed by atoms with Crippen LogP contribution in [-0.2, 0) is 42.3 Å². The zero-order chi connectivity index (χ0) is 32.0. The van der Waals surface area contributed by atoms with E-state index < -0.39 is 0 Å². The van der Waals surface area contributed by atoms with Crippen molar-refractivity contribution in [3.8, 4) is 0 Å². The van der Waals surface area contributed by atoms with Gasteiger partial charge in [-0.3, -0.25) is 0 Å². The van der Waals surface area contributed by atoms with Crippen molar-refractivity contribution in [1.29, 1.82) is 0 Å². The SMILES string of the molecule is Cn1ccn([B-](n2ccn(C)c2=S)n2ccn(C)c2=S)c1=S.Cn1ccn([B-](n2ccn(C)c2=S)n2ccn(C)c2=S)c1=S.O.O.[Ba+2]. The zero-order valence-electron chi connectivity index (χ0n) is 26.6. The third-order valence-electron chi connectivity index (χ3n) is 7.33. The summed E-state index contributed by atoms with van der Waals surface area (Å²) in [5.41, 5.74) is 0. The number of rotatable bonds is 6. The number of aryl methyl sites for hydroxylation is 6. The van der Waals surface area contributed by atoms with Crippen LogP contribution in [0.3, 0.4) is 0 Å². The molecule has 4 N–H and O–H groups in total. The Hall–Kier alpha value is -1.80. The summed E-state index contributed by atoms with van der Waals surface area (Å²) < 4.78 is 27.4. The van der Waals surface area contributed by atoms with Crippen molar-refractivity contribution in [2.24, 2.45) is 42.3 Å². The fourth-order valence-corrected chi connectivity index (χ4v) is 6.04. The second-order valence-electron chi connectivity index (χ2n) is 10.3. The molecule has 6 aromatic rings. The van der Waals surface area contributed by atoms with Gasteiger partial charge in [-0.05, 0) is 110 Å². The molecular weight excluding hydrogens is 840 g/mol. The third-order valence-corrected chi connectivity index (χ3v) is 10.3. The zero-order valence-corrected chi connectivity index (χ0v) is 35.9. The van der Waals surface area contributed by atoms with E-state index in [-0.39, 0.29) is 74.1 Å². The van der Waals surface area contributed by atoms with E-state index in [1.54, 1.807) is 0 Å². The summed E-state index contributed by atoms with van der Waals surface area (Å²) in [6.07, 6.45) is 23.2. The van der Waals surface area contributed by atoms with Crippen LogP contribution in [-0.4, -0.2) is 128 Å². The Morgan fingerprint density at radius 1 is 0.319 bits per heavy atom. The van der Waals surface area contributed by atoms with Crippen molar-refractivity contribution >= 4 is 136 Å². The van der Waals surface area contributed by atoms with Gasteiger partial charge < -0.3 is 65.2 Å². The maximum Gasteiger partial charge on any atom is 2.00 e. The van der Waals surface area contributed by atoms with Crippen molar-refractivity contribution in [3.63, 3.8) is 0 Å². The molecule has 0 saturated carbocycles. The van der Waals surface area contributed by atoms with Gasteiger partial charge in [0.25, 0.3) is 0 Å². The molecular formula is C24H34B2BaN12O2S6. The van der Waals surface area contributed by atoms with Crippen LogP contribution in [0.15, 0.2) is 74.4 Å². The molecule has 47 heavy (non-hydrogen) atoms. The Bertz CT molecular complexity index is 1920. The molecule has 0 saturated heterocycles. The number of imidazole rings is 6. The molecule has 6 heterocycles. The smallest absolute Gasteiger partial charge is 0.484 e. The molecule has 6 rings (SSSR count). The van der Waals surface area contributed by atoms with Crippen LogP contribution in [0.5, 0.6) is 0 Å². The average Bonchev–Trinajstić information content (AvgIpc) is 3.83. The Balaban J connectivity index is 0.000000307. The summed E-state index contributed by atoms with van der Waals surface area (Å²) in [6, 6.07) is 0. The van der Waals surface area contributed by atoms with Gasteiger partial charge >= 0.3 is 48.9 Å². The van der Waals surface area contributed by atoms with E-state index in [9.17, 15) is 0 Å². The summed E-state index contributed by atoms with van der Waals surface area (Å²) in [5.74, 6) is 0. The Labute approximate surface area is 342 Å². The largest absolute Gasteiger partial charge is 2.00 e. The van der Waals surface area contributed by atoms with E-state index in [1.165, 1.54) is 0 Å². The van der Waals surface area contributed by atoms with Gasteiger partial charge in [0.1, 0.15) is 28.6 Å². The van der Waals surface area contributed by atoms with Crippen molar-refractivity contribution < 1.29 is 11.0 Å². The van der Waals surface area contributed by atoms with Crippen molar-refractivity contribution in [1.82, 2.24) is 54.3 Å². The average molecular weight is 874 g/mol. The van der Waals surface area contributed by atoms with Crippen LogP contribution >= 0.6 is 73.3 Å². The fourth-order valence-electron chi connectivity index (χ4n) is 4.75. The monoisotopic (exact) mass is 874 g/mol. The van der Waals surface area contributed by atoms with Crippen LogP contribution in [0, 0.1) is 28.6 Å². The Kier molecular flexibility index (Phi) is 14.7. The van der Waals surface area contributed by atoms with E-state index in [0.717, 1.165) is 0 Å². The predicted molar refractivity (Wildman–Crippen MR) is 202 cm³/mol. The van der Waals surface area contributed by atoms with E-state index in [1.807, 2.05) is 171 Å². The molecule has 0 aromatic carbocycles. The third kappa shape index (κ3) is 7.84. The molecule has 0 aliphatic heterocycles. The molecule has 0 unspecified atom stereocenters. The molecule has 0 fully saturated rings. The first kappa shape index (κ1) is 41.4. The number of hydrogen-bond donors (Lipinski definition) is 0. The van der Waals surface area contributed by atoms with E-state index in [0.29, 0.717) is 28.6 Å². The van der Waals surface area contributed by atoms with Gasteiger partial charge in [-0.15, -0.1) is 0 Å². The molecule has 0 spiro atoms. The maximum atomic E-state index is 5.52. The summed E-state index contributed by atoms with van der Waals surface area (Å²) in [5, 5.41) is 0. The molecule has 0 amide bonds. The first-order chi connectivity index (χ1) is 20.8. The number of nitrogens with zero attached hydrogens (tertiary/aromatic N) is 12. The Morgan fingerprint density at radius 3 is 0.532 bits per heavy atom. The van der Waals surface area contributed by atoms with Crippen LogP contribution in [0.4, 0.5) is 0 Å². The maximum absolute atomic E-state index is 5.52. The van der Waals surface area contributed by atoms with Crippen molar-refractivity contribution in [3.05, 3.63) is 103 Å². The summed E-state index contributed by atoms with van der Waals surface area (Å²) in [7, 11) is 11.0. The second-order valence-corrected chi connectivity index (χ2v) is 12.5. The van der Waals surface area contributed by atoms with Gasteiger partial charge in [-0.25, -0.2) is 0 Å². The summed E-state index contributed by atoms with van der Waals surface area (Å²) in [4.78, 5) is 0. The minimum absolute atomic E-state index is 0. The Morgan fingerprint density at radius 2 is 0.447 bits per heavy atom. The molecule has 0 aliphatic rings. The molecule has 0 aliphatic carbocycles. The van der Waals surface area contributed by atoms with E-state index >= 15 is 0 Å². The van der Waals surface area contributed by atoms with Gasteiger partial charge in [0.15, 0.2) is 0 Å². The summed E-state index contributed by atoms with van der Waals surface area (Å²) in [6.45, 7) is 0. The first-order valence-corrected chi connectivity index (χ1v) is 15.7. The molecule has 14 nitrogen and oxygen atoms in total. The number of hydrogen-bond acceptors (Lipinski definition) is 6. The summed E-state index contributed by atoms with van der Waals surface area (Å²) >= 11 is 33.1. The van der Waals surface area contributed by atoms with Crippen LogP contribution in [0.2, 0.25) is 0 Å². The van der Waals surface area contributed by atoms with Gasteiger partial charge in [0, 0.05) is 79.5 Å². The van der Waals surface area contributed by atoms with Crippen LogP contribution in [0.1, 0.15) is 0 Å². The molecule has 2 radical (unpaired) electrons. The molecule has 23 heteroatoms.